The molecule has 1 aliphatic carbocycles. The van der Waals surface area contributed by atoms with Crippen molar-refractivity contribution in [1.29, 1.82) is 0 Å². The van der Waals surface area contributed by atoms with Gasteiger partial charge in [-0.3, -0.25) is 4.57 Å². The van der Waals surface area contributed by atoms with Gasteiger partial charge in [-0.2, -0.15) is 0 Å². The Morgan fingerprint density at radius 2 is 2.16 bits per heavy atom. The quantitative estimate of drug-likeness (QED) is 0.446. The van der Waals surface area contributed by atoms with Crippen molar-refractivity contribution in [3.05, 3.63) is 59.8 Å². The molecular formula is C19H21N3O2S. The zero-order valence-electron chi connectivity index (χ0n) is 14.2. The molecule has 0 amide bonds. The van der Waals surface area contributed by atoms with Crippen LogP contribution in [0.5, 0.6) is 5.75 Å². The van der Waals surface area contributed by atoms with Crippen LogP contribution in [0, 0.1) is 6.92 Å². The summed E-state index contributed by atoms with van der Waals surface area (Å²) in [4.78, 5) is 0. The lowest BCUT2D eigenvalue weighted by molar-refractivity contribution is 0.343. The van der Waals surface area contributed by atoms with Gasteiger partial charge >= 0.3 is 0 Å². The highest BCUT2D eigenvalue weighted by atomic mass is 32.2. The molecule has 0 radical (unpaired) electrons. The van der Waals surface area contributed by atoms with Crippen LogP contribution in [0.3, 0.4) is 0 Å². The van der Waals surface area contributed by atoms with Gasteiger partial charge in [0.2, 0.25) is 0 Å². The van der Waals surface area contributed by atoms with Crippen LogP contribution in [0.2, 0.25) is 0 Å². The topological polar surface area (TPSA) is 53.1 Å². The van der Waals surface area contributed by atoms with Gasteiger partial charge in [-0.1, -0.05) is 23.9 Å². The molecule has 25 heavy (non-hydrogen) atoms. The first kappa shape index (κ1) is 16.3. The first-order valence-corrected chi connectivity index (χ1v) is 9.56. The summed E-state index contributed by atoms with van der Waals surface area (Å²) < 4.78 is 13.5. The van der Waals surface area contributed by atoms with E-state index < -0.39 is 0 Å². The summed E-state index contributed by atoms with van der Waals surface area (Å²) in [6.45, 7) is 3.39. The molecule has 0 bridgehead atoms. The van der Waals surface area contributed by atoms with Gasteiger partial charge in [0.15, 0.2) is 5.16 Å². The molecule has 1 aliphatic rings. The van der Waals surface area contributed by atoms with Crippen LogP contribution in [0.4, 0.5) is 0 Å². The highest BCUT2D eigenvalue weighted by Gasteiger charge is 2.30. The number of hydrogen-bond donors (Lipinski definition) is 0. The lowest BCUT2D eigenvalue weighted by atomic mass is 10.2. The minimum Gasteiger partial charge on any atom is -0.493 e. The second kappa shape index (κ2) is 7.35. The number of furan rings is 1. The Morgan fingerprint density at radius 3 is 2.92 bits per heavy atom. The highest BCUT2D eigenvalue weighted by Crippen LogP contribution is 2.40. The summed E-state index contributed by atoms with van der Waals surface area (Å²) in [6, 6.07) is 12.0. The predicted molar refractivity (Wildman–Crippen MR) is 97.2 cm³/mol. The molecule has 1 aromatic carbocycles. The van der Waals surface area contributed by atoms with E-state index in [4.69, 9.17) is 9.15 Å². The average Bonchev–Trinajstić information content (AvgIpc) is 3.17. The van der Waals surface area contributed by atoms with Crippen molar-refractivity contribution in [2.75, 3.05) is 12.4 Å². The first-order valence-electron chi connectivity index (χ1n) is 8.57. The van der Waals surface area contributed by atoms with Gasteiger partial charge in [0.25, 0.3) is 0 Å². The second-order valence-corrected chi connectivity index (χ2v) is 7.36. The van der Waals surface area contributed by atoms with Gasteiger partial charge in [-0.25, -0.2) is 0 Å². The largest absolute Gasteiger partial charge is 0.493 e. The molecule has 0 N–H and O–H groups in total. The molecular weight excluding hydrogens is 334 g/mol. The monoisotopic (exact) mass is 355 g/mol. The zero-order valence-corrected chi connectivity index (χ0v) is 15.0. The lowest BCUT2D eigenvalue weighted by Crippen LogP contribution is -2.07. The van der Waals surface area contributed by atoms with Gasteiger partial charge in [0, 0.05) is 11.7 Å². The molecule has 6 heteroatoms. The molecule has 0 aliphatic heterocycles. The SMILES string of the molecule is Cc1cccc(OCCSc2nnc(C3CC3)n2Cc2ccco2)c1. The normalized spacial score (nSPS) is 14.0. The lowest BCUT2D eigenvalue weighted by Gasteiger charge is -2.09. The van der Waals surface area contributed by atoms with Crippen LogP contribution in [0.15, 0.2) is 52.2 Å². The fraction of sp³-hybridized carbons (Fsp3) is 0.368. The second-order valence-electron chi connectivity index (χ2n) is 6.29. The number of thioether (sulfide) groups is 1. The first-order chi connectivity index (χ1) is 12.3. The Balaban J connectivity index is 1.38. The molecule has 2 aromatic heterocycles. The van der Waals surface area contributed by atoms with Crippen molar-refractivity contribution >= 4 is 11.8 Å². The van der Waals surface area contributed by atoms with Crippen LogP contribution < -0.4 is 4.74 Å². The molecule has 0 spiro atoms. The fourth-order valence-corrected chi connectivity index (χ4v) is 3.52. The van der Waals surface area contributed by atoms with Crippen LogP contribution in [0.1, 0.15) is 35.9 Å². The molecule has 1 saturated carbocycles. The summed E-state index contributed by atoms with van der Waals surface area (Å²) in [5.74, 6) is 4.31. The van der Waals surface area contributed by atoms with E-state index in [9.17, 15) is 0 Å². The summed E-state index contributed by atoms with van der Waals surface area (Å²) in [7, 11) is 0. The number of aromatic nitrogens is 3. The smallest absolute Gasteiger partial charge is 0.191 e. The summed E-state index contributed by atoms with van der Waals surface area (Å²) in [5.41, 5.74) is 1.21. The molecule has 0 saturated heterocycles. The Labute approximate surface area is 151 Å². The van der Waals surface area contributed by atoms with E-state index in [2.05, 4.69) is 33.8 Å². The van der Waals surface area contributed by atoms with E-state index in [1.54, 1.807) is 18.0 Å². The van der Waals surface area contributed by atoms with E-state index in [0.29, 0.717) is 19.1 Å². The maximum absolute atomic E-state index is 5.82. The third kappa shape index (κ3) is 4.07. The van der Waals surface area contributed by atoms with E-state index in [0.717, 1.165) is 28.2 Å². The Hall–Kier alpha value is -2.21. The summed E-state index contributed by atoms with van der Waals surface area (Å²) in [5, 5.41) is 9.75. The van der Waals surface area contributed by atoms with Crippen LogP contribution in [-0.2, 0) is 6.54 Å². The van der Waals surface area contributed by atoms with Crippen molar-refractivity contribution in [2.45, 2.75) is 37.4 Å². The highest BCUT2D eigenvalue weighted by molar-refractivity contribution is 7.99. The van der Waals surface area contributed by atoms with Crippen molar-refractivity contribution in [2.24, 2.45) is 0 Å². The Kier molecular flexibility index (Phi) is 4.78. The predicted octanol–water partition coefficient (Wildman–Crippen LogP) is 4.28. The minimum atomic E-state index is 0.556. The third-order valence-electron chi connectivity index (χ3n) is 4.15. The number of rotatable bonds is 8. The number of benzene rings is 1. The van der Waals surface area contributed by atoms with E-state index in [-0.39, 0.29) is 0 Å². The van der Waals surface area contributed by atoms with Gasteiger partial charge in [-0.15, -0.1) is 10.2 Å². The van der Waals surface area contributed by atoms with Crippen LogP contribution >= 0.6 is 11.8 Å². The fourth-order valence-electron chi connectivity index (χ4n) is 2.75. The standard InChI is InChI=1S/C19H21N3O2S/c1-14-4-2-5-16(12-14)24-10-11-25-19-21-20-18(15-7-8-15)22(19)13-17-6-3-9-23-17/h2-6,9,12,15H,7-8,10-11,13H2,1H3. The number of hydrogen-bond acceptors (Lipinski definition) is 5. The van der Waals surface area contributed by atoms with E-state index in [1.807, 2.05) is 24.3 Å². The number of nitrogens with zero attached hydrogens (tertiary/aromatic N) is 3. The van der Waals surface area contributed by atoms with E-state index >= 15 is 0 Å². The molecule has 130 valence electrons. The molecule has 4 rings (SSSR count). The van der Waals surface area contributed by atoms with Crippen LogP contribution in [0.25, 0.3) is 0 Å². The zero-order chi connectivity index (χ0) is 17.1. The molecule has 0 atom stereocenters. The number of aryl methyl sites for hydroxylation is 1. The average molecular weight is 355 g/mol. The van der Waals surface area contributed by atoms with Gasteiger partial charge in [0.05, 0.1) is 19.4 Å². The summed E-state index contributed by atoms with van der Waals surface area (Å²) in [6.07, 6.45) is 4.12. The van der Waals surface area contributed by atoms with E-state index in [1.165, 1.54) is 18.4 Å². The van der Waals surface area contributed by atoms with Crippen molar-refractivity contribution in [1.82, 2.24) is 14.8 Å². The van der Waals surface area contributed by atoms with Crippen LogP contribution in [-0.4, -0.2) is 27.1 Å². The summed E-state index contributed by atoms with van der Waals surface area (Å²) >= 11 is 1.68. The molecule has 5 nitrogen and oxygen atoms in total. The third-order valence-corrected chi connectivity index (χ3v) is 5.09. The van der Waals surface area contributed by atoms with Crippen molar-refractivity contribution < 1.29 is 9.15 Å². The van der Waals surface area contributed by atoms with Crippen molar-refractivity contribution in [3.8, 4) is 5.75 Å². The molecule has 1 fully saturated rings. The minimum absolute atomic E-state index is 0.556. The number of ether oxygens (including phenoxy) is 1. The molecule has 3 aromatic rings. The molecule has 0 unspecified atom stereocenters. The van der Waals surface area contributed by atoms with Gasteiger partial charge < -0.3 is 9.15 Å². The van der Waals surface area contributed by atoms with Gasteiger partial charge in [-0.05, 0) is 49.6 Å². The Morgan fingerprint density at radius 1 is 1.24 bits per heavy atom. The van der Waals surface area contributed by atoms with Gasteiger partial charge in [0.1, 0.15) is 17.3 Å². The Bertz CT molecular complexity index is 825. The molecule has 2 heterocycles. The maximum Gasteiger partial charge on any atom is 0.191 e. The maximum atomic E-state index is 5.82. The van der Waals surface area contributed by atoms with Crippen molar-refractivity contribution in [3.63, 3.8) is 0 Å².